The highest BCUT2D eigenvalue weighted by Crippen LogP contribution is 2.58. The molecule has 1 aromatic heterocycles. The summed E-state index contributed by atoms with van der Waals surface area (Å²) in [5.41, 5.74) is 16.9. The fourth-order valence-corrected chi connectivity index (χ4v) is 9.28. The quantitative estimate of drug-likeness (QED) is 0.153. The molecule has 9 aromatic carbocycles. The number of benzene rings is 9. The van der Waals surface area contributed by atoms with Gasteiger partial charge < -0.3 is 0 Å². The summed E-state index contributed by atoms with van der Waals surface area (Å²) in [5.74, 6) is 1.88. The fourth-order valence-electron chi connectivity index (χ4n) is 9.28. The number of aromatic nitrogens is 3. The predicted molar refractivity (Wildman–Crippen MR) is 254 cm³/mol. The first-order valence-corrected chi connectivity index (χ1v) is 21.2. The normalized spacial score (nSPS) is 12.2. The molecule has 1 aliphatic carbocycles. The molecule has 4 nitrogen and oxygen atoms in total. The molecule has 11 rings (SSSR count). The van der Waals surface area contributed by atoms with Gasteiger partial charge in [-0.3, -0.25) is 0 Å². The fraction of sp³-hybridized carbons (Fsp3) is 0.0169. The van der Waals surface area contributed by atoms with Crippen LogP contribution >= 0.6 is 0 Å². The lowest BCUT2D eigenvalue weighted by Gasteiger charge is -2.34. The molecule has 0 radical (unpaired) electrons. The highest BCUT2D eigenvalue weighted by atomic mass is 15.0. The highest BCUT2D eigenvalue weighted by Gasteiger charge is 2.46. The molecule has 1 aliphatic rings. The van der Waals surface area contributed by atoms with Crippen LogP contribution in [0, 0.1) is 11.3 Å². The largest absolute Gasteiger partial charge is 0.208 e. The van der Waals surface area contributed by atoms with Crippen LogP contribution in [-0.2, 0) is 5.41 Å². The molecule has 0 aliphatic heterocycles. The predicted octanol–water partition coefficient (Wildman–Crippen LogP) is 14.1. The SMILES string of the molecule is N#Cc1ccc(-c2ccc(-c3cc4c(cc3-c3ccc(-c5nc(-c6ccccc6)nc(-c6ccccc6)n5)cc3)C(c3ccccc3)(c3ccccc3)c3ccccc3-4)cc2)cc1. The number of nitriles is 1. The van der Waals surface area contributed by atoms with Crippen LogP contribution in [0.4, 0.5) is 0 Å². The van der Waals surface area contributed by atoms with Gasteiger partial charge in [0.05, 0.1) is 17.0 Å². The van der Waals surface area contributed by atoms with E-state index in [4.69, 9.17) is 15.0 Å². The van der Waals surface area contributed by atoms with Crippen molar-refractivity contribution in [3.63, 3.8) is 0 Å². The standard InChI is InChI=1S/C59H38N4/c60-39-40-25-27-41(28-26-40)42-29-31-43(32-30-42)51-37-53-50-23-13-14-24-54(50)59(48-19-9-3-10-20-48,49-21-11-4-12-22-49)55(53)38-52(51)44-33-35-47(36-34-44)58-62-56(45-15-5-1-6-16-45)61-57(63-58)46-17-7-2-8-18-46/h1-38H. The van der Waals surface area contributed by atoms with Crippen molar-refractivity contribution in [2.75, 3.05) is 0 Å². The zero-order valence-electron chi connectivity index (χ0n) is 34.2. The molecule has 0 spiro atoms. The van der Waals surface area contributed by atoms with Crippen molar-refractivity contribution in [3.8, 4) is 84.7 Å². The molecular formula is C59H38N4. The molecule has 0 saturated heterocycles. The maximum atomic E-state index is 9.39. The van der Waals surface area contributed by atoms with Gasteiger partial charge in [-0.1, -0.05) is 206 Å². The highest BCUT2D eigenvalue weighted by molar-refractivity contribution is 5.95. The summed E-state index contributed by atoms with van der Waals surface area (Å²) < 4.78 is 0. The summed E-state index contributed by atoms with van der Waals surface area (Å²) >= 11 is 0. The third-order valence-electron chi connectivity index (χ3n) is 12.3. The maximum Gasteiger partial charge on any atom is 0.164 e. The maximum absolute atomic E-state index is 9.39. The van der Waals surface area contributed by atoms with Crippen molar-refractivity contribution in [3.05, 3.63) is 258 Å². The summed E-state index contributed by atoms with van der Waals surface area (Å²) in [4.78, 5) is 15.0. The first-order valence-electron chi connectivity index (χ1n) is 21.2. The van der Waals surface area contributed by atoms with E-state index in [-0.39, 0.29) is 0 Å². The Hall–Kier alpha value is -8.52. The summed E-state index contributed by atoms with van der Waals surface area (Å²) in [6.07, 6.45) is 0. The third-order valence-corrected chi connectivity index (χ3v) is 12.3. The third kappa shape index (κ3) is 6.61. The Morgan fingerprint density at radius 1 is 0.302 bits per heavy atom. The van der Waals surface area contributed by atoms with Gasteiger partial charge in [0.2, 0.25) is 0 Å². The van der Waals surface area contributed by atoms with Gasteiger partial charge in [-0.05, 0) is 91.0 Å². The van der Waals surface area contributed by atoms with Crippen molar-refractivity contribution in [2.45, 2.75) is 5.41 Å². The topological polar surface area (TPSA) is 62.5 Å². The molecule has 0 bridgehead atoms. The average Bonchev–Trinajstić information content (AvgIpc) is 3.67. The van der Waals surface area contributed by atoms with Crippen molar-refractivity contribution >= 4 is 0 Å². The van der Waals surface area contributed by atoms with E-state index < -0.39 is 5.41 Å². The van der Waals surface area contributed by atoms with E-state index >= 15 is 0 Å². The van der Waals surface area contributed by atoms with Crippen molar-refractivity contribution < 1.29 is 0 Å². The van der Waals surface area contributed by atoms with Gasteiger partial charge in [-0.2, -0.15) is 5.26 Å². The molecule has 0 amide bonds. The van der Waals surface area contributed by atoms with Gasteiger partial charge >= 0.3 is 0 Å². The van der Waals surface area contributed by atoms with E-state index in [1.165, 1.54) is 33.4 Å². The first-order chi connectivity index (χ1) is 31.2. The van der Waals surface area contributed by atoms with Gasteiger partial charge in [-0.25, -0.2) is 15.0 Å². The minimum absolute atomic E-state index is 0.548. The summed E-state index contributed by atoms with van der Waals surface area (Å²) in [7, 11) is 0. The molecule has 0 N–H and O–H groups in total. The molecule has 0 atom stereocenters. The van der Waals surface area contributed by atoms with Crippen LogP contribution in [0.1, 0.15) is 27.8 Å². The zero-order valence-corrected chi connectivity index (χ0v) is 34.2. The molecule has 0 fully saturated rings. The van der Waals surface area contributed by atoms with Gasteiger partial charge in [0.25, 0.3) is 0 Å². The van der Waals surface area contributed by atoms with E-state index in [9.17, 15) is 5.26 Å². The van der Waals surface area contributed by atoms with Crippen LogP contribution in [0.3, 0.4) is 0 Å². The van der Waals surface area contributed by atoms with Gasteiger partial charge in [-0.15, -0.1) is 0 Å². The molecule has 0 unspecified atom stereocenters. The Morgan fingerprint density at radius 3 is 1.17 bits per heavy atom. The van der Waals surface area contributed by atoms with Crippen LogP contribution in [0.2, 0.25) is 0 Å². The van der Waals surface area contributed by atoms with E-state index in [0.29, 0.717) is 23.0 Å². The lowest BCUT2D eigenvalue weighted by molar-refractivity contribution is 0.769. The Bertz CT molecular complexity index is 3190. The van der Waals surface area contributed by atoms with Crippen LogP contribution in [0.5, 0.6) is 0 Å². The molecule has 294 valence electrons. The summed E-state index contributed by atoms with van der Waals surface area (Å²) in [5, 5.41) is 9.39. The van der Waals surface area contributed by atoms with Crippen molar-refractivity contribution in [1.82, 2.24) is 15.0 Å². The number of nitrogens with zero attached hydrogens (tertiary/aromatic N) is 4. The Balaban J connectivity index is 1.11. The van der Waals surface area contributed by atoms with Gasteiger partial charge in [0.1, 0.15) is 0 Å². The molecule has 63 heavy (non-hydrogen) atoms. The van der Waals surface area contributed by atoms with Gasteiger partial charge in [0, 0.05) is 16.7 Å². The van der Waals surface area contributed by atoms with E-state index in [1.54, 1.807) is 0 Å². The molecule has 1 heterocycles. The number of hydrogen-bond acceptors (Lipinski definition) is 4. The van der Waals surface area contributed by atoms with Crippen molar-refractivity contribution in [1.29, 1.82) is 5.26 Å². The second-order valence-electron chi connectivity index (χ2n) is 15.9. The smallest absolute Gasteiger partial charge is 0.164 e. The number of fused-ring (bicyclic) bond motifs is 3. The van der Waals surface area contributed by atoms with E-state index in [2.05, 4.69) is 152 Å². The average molecular weight is 803 g/mol. The van der Waals surface area contributed by atoms with Crippen LogP contribution in [-0.4, -0.2) is 15.0 Å². The molecule has 10 aromatic rings. The van der Waals surface area contributed by atoms with Gasteiger partial charge in [0.15, 0.2) is 17.5 Å². The zero-order chi connectivity index (χ0) is 42.2. The second kappa shape index (κ2) is 15.8. The molecular weight excluding hydrogens is 765 g/mol. The summed E-state index contributed by atoms with van der Waals surface area (Å²) in [6.45, 7) is 0. The summed E-state index contributed by atoms with van der Waals surface area (Å²) in [6, 6.07) is 83.3. The first kappa shape index (κ1) is 37.5. The monoisotopic (exact) mass is 802 g/mol. The Kier molecular flexibility index (Phi) is 9.41. The lowest BCUT2D eigenvalue weighted by Crippen LogP contribution is -2.28. The number of hydrogen-bond donors (Lipinski definition) is 0. The van der Waals surface area contributed by atoms with E-state index in [0.717, 1.165) is 50.1 Å². The minimum Gasteiger partial charge on any atom is -0.208 e. The minimum atomic E-state index is -0.548. The van der Waals surface area contributed by atoms with Crippen LogP contribution in [0.25, 0.3) is 78.7 Å². The van der Waals surface area contributed by atoms with Crippen molar-refractivity contribution in [2.24, 2.45) is 0 Å². The van der Waals surface area contributed by atoms with E-state index in [1.807, 2.05) is 84.9 Å². The van der Waals surface area contributed by atoms with Crippen LogP contribution in [0.15, 0.2) is 231 Å². The molecule has 4 heteroatoms. The van der Waals surface area contributed by atoms with Crippen LogP contribution < -0.4 is 0 Å². The second-order valence-corrected chi connectivity index (χ2v) is 15.9. The lowest BCUT2D eigenvalue weighted by atomic mass is 9.67. The Labute approximate surface area is 367 Å². The Morgan fingerprint density at radius 2 is 0.683 bits per heavy atom. The number of rotatable bonds is 8. The molecule has 0 saturated carbocycles.